The average molecular weight is 349 g/mol. The maximum absolute atomic E-state index is 12.5. The maximum atomic E-state index is 12.5. The Morgan fingerprint density at radius 3 is 2.68 bits per heavy atom. The van der Waals surface area contributed by atoms with Crippen LogP contribution in [0.4, 0.5) is 0 Å². The van der Waals surface area contributed by atoms with Gasteiger partial charge in [0.1, 0.15) is 0 Å². The van der Waals surface area contributed by atoms with E-state index in [1.54, 1.807) is 12.1 Å². The van der Waals surface area contributed by atoms with Crippen molar-refractivity contribution in [2.45, 2.75) is 36.7 Å². The van der Waals surface area contributed by atoms with Gasteiger partial charge in [-0.05, 0) is 38.4 Å². The van der Waals surface area contributed by atoms with Gasteiger partial charge in [0, 0.05) is 12.1 Å². The summed E-state index contributed by atoms with van der Waals surface area (Å²) in [6, 6.07) is 5.92. The van der Waals surface area contributed by atoms with Crippen LogP contribution in [0.3, 0.4) is 0 Å². The van der Waals surface area contributed by atoms with Crippen LogP contribution < -0.4 is 10.0 Å². The summed E-state index contributed by atoms with van der Waals surface area (Å²) in [7, 11) is -2.54. The molecule has 0 saturated carbocycles. The molecule has 2 unspecified atom stereocenters. The third-order valence-corrected chi connectivity index (χ3v) is 5.20. The molecule has 2 N–H and O–H groups in total. The van der Waals surface area contributed by atoms with E-state index in [-0.39, 0.29) is 34.9 Å². The summed E-state index contributed by atoms with van der Waals surface area (Å²) in [4.78, 5) is 11.7. The Kier molecular flexibility index (Phi) is 6.80. The molecule has 0 amide bonds. The van der Waals surface area contributed by atoms with E-state index in [0.29, 0.717) is 0 Å². The lowest BCUT2D eigenvalue weighted by molar-refractivity contribution is 0.0596. The van der Waals surface area contributed by atoms with E-state index in [1.165, 1.54) is 19.2 Å². The molecular formula is C14H21ClN2O4S. The van der Waals surface area contributed by atoms with Crippen molar-refractivity contribution in [1.82, 2.24) is 10.0 Å². The number of carbonyl (C=O) groups is 1. The molecule has 0 aromatic heterocycles. The van der Waals surface area contributed by atoms with Gasteiger partial charge in [0.15, 0.2) is 0 Å². The molecule has 0 spiro atoms. The first-order valence-corrected chi connectivity index (χ1v) is 8.37. The van der Waals surface area contributed by atoms with Crippen LogP contribution in [0.25, 0.3) is 0 Å². The lowest BCUT2D eigenvalue weighted by atomic mass is 10.0. The predicted molar refractivity (Wildman–Crippen MR) is 85.8 cm³/mol. The first-order chi connectivity index (χ1) is 9.95. The van der Waals surface area contributed by atoms with Crippen LogP contribution in [-0.4, -0.2) is 40.1 Å². The fourth-order valence-electron chi connectivity index (χ4n) is 2.45. The zero-order valence-corrected chi connectivity index (χ0v) is 14.2. The highest BCUT2D eigenvalue weighted by atomic mass is 35.5. The normalized spacial score (nSPS) is 21.7. The number of ether oxygens (including phenoxy) is 1. The molecule has 1 saturated heterocycles. The number of hydrogen-bond donors (Lipinski definition) is 2. The Bertz CT molecular complexity index is 621. The second-order valence-electron chi connectivity index (χ2n) is 5.10. The minimum atomic E-state index is -3.77. The molecule has 8 heteroatoms. The number of esters is 1. The lowest BCUT2D eigenvalue weighted by Gasteiger charge is -2.30. The van der Waals surface area contributed by atoms with Gasteiger partial charge < -0.3 is 10.1 Å². The Labute approximate surface area is 137 Å². The van der Waals surface area contributed by atoms with E-state index < -0.39 is 16.0 Å². The van der Waals surface area contributed by atoms with Crippen molar-refractivity contribution in [2.75, 3.05) is 13.7 Å². The summed E-state index contributed by atoms with van der Waals surface area (Å²) in [5.41, 5.74) is 0.0453. The Morgan fingerprint density at radius 1 is 1.36 bits per heavy atom. The third kappa shape index (κ3) is 4.19. The summed E-state index contributed by atoms with van der Waals surface area (Å²) in [5, 5.41) is 3.24. The molecule has 1 aromatic rings. The van der Waals surface area contributed by atoms with Crippen LogP contribution in [0.2, 0.25) is 0 Å². The summed E-state index contributed by atoms with van der Waals surface area (Å²) < 4.78 is 32.4. The zero-order valence-electron chi connectivity index (χ0n) is 12.5. The van der Waals surface area contributed by atoms with Gasteiger partial charge in [-0.3, -0.25) is 0 Å². The third-order valence-electron chi connectivity index (χ3n) is 3.65. The first-order valence-electron chi connectivity index (χ1n) is 6.89. The summed E-state index contributed by atoms with van der Waals surface area (Å²) in [6.07, 6.45) is 1.68. The minimum absolute atomic E-state index is 0. The van der Waals surface area contributed by atoms with Crippen LogP contribution in [0, 0.1) is 0 Å². The molecule has 124 valence electrons. The van der Waals surface area contributed by atoms with Crippen molar-refractivity contribution in [2.24, 2.45) is 0 Å². The summed E-state index contributed by atoms with van der Waals surface area (Å²) >= 11 is 0. The number of hydrogen-bond acceptors (Lipinski definition) is 5. The van der Waals surface area contributed by atoms with Gasteiger partial charge in [-0.15, -0.1) is 12.4 Å². The Hall–Kier alpha value is -1.15. The van der Waals surface area contributed by atoms with Crippen LogP contribution in [-0.2, 0) is 14.8 Å². The monoisotopic (exact) mass is 348 g/mol. The van der Waals surface area contributed by atoms with Crippen molar-refractivity contribution in [3.8, 4) is 0 Å². The number of methoxy groups -OCH3 is 1. The molecule has 2 atom stereocenters. The number of halogens is 1. The predicted octanol–water partition coefficient (Wildman–Crippen LogP) is 1.31. The Balaban J connectivity index is 0.00000242. The highest BCUT2D eigenvalue weighted by Crippen LogP contribution is 2.19. The fraction of sp³-hybridized carbons (Fsp3) is 0.500. The standard InChI is InChI=1S/C14H20N2O4S.ClH/c1-10-12(7-5-9-15-10)16-21(18,19)13-8-4-3-6-11(13)14(17)20-2;/h3-4,6,8,10,12,15-16H,5,7,9H2,1-2H3;1H. The lowest BCUT2D eigenvalue weighted by Crippen LogP contribution is -2.51. The van der Waals surface area contributed by atoms with Crippen molar-refractivity contribution in [1.29, 1.82) is 0 Å². The van der Waals surface area contributed by atoms with Gasteiger partial charge >= 0.3 is 5.97 Å². The summed E-state index contributed by atoms with van der Waals surface area (Å²) in [5.74, 6) is -0.661. The molecule has 1 aromatic carbocycles. The van der Waals surface area contributed by atoms with E-state index in [0.717, 1.165) is 19.4 Å². The van der Waals surface area contributed by atoms with Gasteiger partial charge in [-0.25, -0.2) is 17.9 Å². The van der Waals surface area contributed by atoms with E-state index in [9.17, 15) is 13.2 Å². The second-order valence-corrected chi connectivity index (χ2v) is 6.78. The molecule has 2 rings (SSSR count). The fourth-order valence-corrected chi connectivity index (χ4v) is 3.99. The highest BCUT2D eigenvalue weighted by Gasteiger charge is 2.29. The molecule has 1 aliphatic rings. The largest absolute Gasteiger partial charge is 0.465 e. The summed E-state index contributed by atoms with van der Waals surface area (Å²) in [6.45, 7) is 2.83. The minimum Gasteiger partial charge on any atom is -0.465 e. The van der Waals surface area contributed by atoms with Gasteiger partial charge in [0.2, 0.25) is 10.0 Å². The average Bonchev–Trinajstić information content (AvgIpc) is 2.48. The van der Waals surface area contributed by atoms with Gasteiger partial charge in [-0.2, -0.15) is 0 Å². The molecule has 6 nitrogen and oxygen atoms in total. The first kappa shape index (κ1) is 18.9. The molecule has 0 radical (unpaired) electrons. The number of piperidine rings is 1. The van der Waals surface area contributed by atoms with Crippen molar-refractivity contribution < 1.29 is 17.9 Å². The van der Waals surface area contributed by atoms with Crippen molar-refractivity contribution in [3.63, 3.8) is 0 Å². The van der Waals surface area contributed by atoms with Crippen molar-refractivity contribution in [3.05, 3.63) is 29.8 Å². The van der Waals surface area contributed by atoms with Crippen molar-refractivity contribution >= 4 is 28.4 Å². The quantitative estimate of drug-likeness (QED) is 0.801. The van der Waals surface area contributed by atoms with Crippen LogP contribution in [0.5, 0.6) is 0 Å². The van der Waals surface area contributed by atoms with Gasteiger partial charge in [0.05, 0.1) is 17.6 Å². The van der Waals surface area contributed by atoms with Crippen LogP contribution >= 0.6 is 12.4 Å². The van der Waals surface area contributed by atoms with E-state index in [1.807, 2.05) is 6.92 Å². The Morgan fingerprint density at radius 2 is 2.05 bits per heavy atom. The maximum Gasteiger partial charge on any atom is 0.339 e. The van der Waals surface area contributed by atoms with E-state index >= 15 is 0 Å². The number of rotatable bonds is 4. The molecule has 0 bridgehead atoms. The smallest absolute Gasteiger partial charge is 0.339 e. The van der Waals surface area contributed by atoms with Gasteiger partial charge in [0.25, 0.3) is 0 Å². The topological polar surface area (TPSA) is 84.5 Å². The molecular weight excluding hydrogens is 328 g/mol. The number of nitrogens with one attached hydrogen (secondary N) is 2. The highest BCUT2D eigenvalue weighted by molar-refractivity contribution is 7.89. The van der Waals surface area contributed by atoms with Crippen LogP contribution in [0.1, 0.15) is 30.1 Å². The molecule has 1 fully saturated rings. The molecule has 1 aliphatic heterocycles. The number of sulfonamides is 1. The van der Waals surface area contributed by atoms with E-state index in [4.69, 9.17) is 0 Å². The number of carbonyl (C=O) groups excluding carboxylic acids is 1. The van der Waals surface area contributed by atoms with Crippen LogP contribution in [0.15, 0.2) is 29.2 Å². The zero-order chi connectivity index (χ0) is 15.5. The molecule has 0 aliphatic carbocycles. The SMILES string of the molecule is COC(=O)c1ccccc1S(=O)(=O)NC1CCCNC1C.Cl. The van der Waals surface area contributed by atoms with E-state index in [2.05, 4.69) is 14.8 Å². The molecule has 1 heterocycles. The second kappa shape index (κ2) is 7.92. The molecule has 22 heavy (non-hydrogen) atoms. The number of benzene rings is 1. The van der Waals surface area contributed by atoms with Gasteiger partial charge in [-0.1, -0.05) is 12.1 Å².